The molecule has 0 N–H and O–H groups in total. The summed E-state index contributed by atoms with van der Waals surface area (Å²) in [6, 6.07) is 9.69. The Bertz CT molecular complexity index is 675. The van der Waals surface area contributed by atoms with Crippen molar-refractivity contribution < 1.29 is 14.3 Å². The van der Waals surface area contributed by atoms with Gasteiger partial charge in [-0.25, -0.2) is 0 Å². The molecule has 0 unspecified atom stereocenters. The van der Waals surface area contributed by atoms with Crippen LogP contribution in [0.25, 0.3) is 0 Å². The molecule has 0 bridgehead atoms. The average molecular weight is 346 g/mol. The third-order valence-corrected chi connectivity index (χ3v) is 4.64. The van der Waals surface area contributed by atoms with Crippen LogP contribution in [0.4, 0.5) is 0 Å². The number of nitrogens with zero attached hydrogens (tertiary/aromatic N) is 2. The van der Waals surface area contributed by atoms with Crippen molar-refractivity contribution in [2.24, 2.45) is 0 Å². The number of amides is 1. The number of hydrogen-bond donors (Lipinski definition) is 0. The first-order valence-electron chi connectivity index (χ1n) is 7.94. The predicted octanol–water partition coefficient (Wildman–Crippen LogP) is 2.48. The van der Waals surface area contributed by atoms with Crippen LogP contribution < -0.4 is 9.47 Å². The number of thiophene rings is 1. The molecule has 1 amide bonds. The average Bonchev–Trinajstić information content (AvgIpc) is 3.07. The lowest BCUT2D eigenvalue weighted by atomic mass is 10.2. The van der Waals surface area contributed by atoms with Crippen molar-refractivity contribution in [3.05, 3.63) is 46.7 Å². The molecule has 0 radical (unpaired) electrons. The van der Waals surface area contributed by atoms with Gasteiger partial charge >= 0.3 is 0 Å². The van der Waals surface area contributed by atoms with E-state index < -0.39 is 0 Å². The largest absolute Gasteiger partial charge is 0.486 e. The summed E-state index contributed by atoms with van der Waals surface area (Å²) in [5.41, 5.74) is 1.23. The second-order valence-electron chi connectivity index (χ2n) is 6.08. The first kappa shape index (κ1) is 16.8. The zero-order valence-electron chi connectivity index (χ0n) is 14.0. The maximum atomic E-state index is 12.4. The second-order valence-corrected chi connectivity index (χ2v) is 6.86. The maximum absolute atomic E-state index is 12.4. The van der Waals surface area contributed by atoms with Crippen LogP contribution in [0, 0.1) is 0 Å². The Labute approximate surface area is 146 Å². The fraction of sp³-hybridized carbons (Fsp3) is 0.389. The molecule has 5 nitrogen and oxygen atoms in total. The number of hydrogen-bond acceptors (Lipinski definition) is 5. The predicted molar refractivity (Wildman–Crippen MR) is 94.6 cm³/mol. The molecule has 3 rings (SSSR count). The first-order valence-corrected chi connectivity index (χ1v) is 8.88. The molecule has 0 aliphatic carbocycles. The standard InChI is InChI=1S/C18H22N2O3S/c1-19(9-14-7-8-24-13-14)11-18(21)20(2)10-15-12-22-16-5-3-4-6-17(16)23-15/h3-8,13,15H,9-12H2,1-2H3/t15-/m0/s1. The Morgan fingerprint density at radius 3 is 2.79 bits per heavy atom. The van der Waals surface area contributed by atoms with E-state index in [9.17, 15) is 4.79 Å². The van der Waals surface area contributed by atoms with Crippen LogP contribution >= 0.6 is 11.3 Å². The summed E-state index contributed by atoms with van der Waals surface area (Å²) in [4.78, 5) is 16.1. The summed E-state index contributed by atoms with van der Waals surface area (Å²) in [6.45, 7) is 2.13. The molecule has 0 saturated carbocycles. The third kappa shape index (κ3) is 4.27. The van der Waals surface area contributed by atoms with E-state index in [-0.39, 0.29) is 12.0 Å². The molecule has 1 aliphatic heterocycles. The van der Waals surface area contributed by atoms with Crippen LogP contribution in [-0.4, -0.2) is 55.6 Å². The van der Waals surface area contributed by atoms with Gasteiger partial charge in [0.2, 0.25) is 5.91 Å². The van der Waals surface area contributed by atoms with Gasteiger partial charge < -0.3 is 14.4 Å². The molecule has 1 aromatic carbocycles. The van der Waals surface area contributed by atoms with Gasteiger partial charge in [0.25, 0.3) is 0 Å². The number of benzene rings is 1. The van der Waals surface area contributed by atoms with E-state index in [0.29, 0.717) is 19.7 Å². The molecule has 128 valence electrons. The molecule has 1 aliphatic rings. The zero-order chi connectivity index (χ0) is 16.9. The fourth-order valence-corrected chi connectivity index (χ4v) is 3.32. The molecular formula is C18H22N2O3S. The van der Waals surface area contributed by atoms with Crippen molar-refractivity contribution in [2.75, 3.05) is 33.8 Å². The van der Waals surface area contributed by atoms with E-state index in [1.165, 1.54) is 5.56 Å². The van der Waals surface area contributed by atoms with Gasteiger partial charge in [-0.2, -0.15) is 11.3 Å². The van der Waals surface area contributed by atoms with Gasteiger partial charge in [-0.3, -0.25) is 9.69 Å². The summed E-state index contributed by atoms with van der Waals surface area (Å²) < 4.78 is 11.6. The van der Waals surface area contributed by atoms with Crippen molar-refractivity contribution in [3.8, 4) is 11.5 Å². The fourth-order valence-electron chi connectivity index (χ4n) is 2.66. The monoisotopic (exact) mass is 346 g/mol. The van der Waals surface area contributed by atoms with E-state index in [2.05, 4.69) is 16.8 Å². The Kier molecular flexibility index (Phi) is 5.37. The minimum Gasteiger partial charge on any atom is -0.486 e. The zero-order valence-corrected chi connectivity index (χ0v) is 14.8. The van der Waals surface area contributed by atoms with E-state index in [4.69, 9.17) is 9.47 Å². The van der Waals surface area contributed by atoms with Crippen LogP contribution in [0.1, 0.15) is 5.56 Å². The number of carbonyl (C=O) groups excluding carboxylic acids is 1. The van der Waals surface area contributed by atoms with Crippen LogP contribution in [-0.2, 0) is 11.3 Å². The highest BCUT2D eigenvalue weighted by atomic mass is 32.1. The van der Waals surface area contributed by atoms with Gasteiger partial charge in [-0.15, -0.1) is 0 Å². The number of ether oxygens (including phenoxy) is 2. The number of rotatable bonds is 6. The molecule has 0 fully saturated rings. The third-order valence-electron chi connectivity index (χ3n) is 3.91. The highest BCUT2D eigenvalue weighted by Crippen LogP contribution is 2.30. The highest BCUT2D eigenvalue weighted by molar-refractivity contribution is 7.07. The van der Waals surface area contributed by atoms with Crippen molar-refractivity contribution in [1.29, 1.82) is 0 Å². The molecule has 24 heavy (non-hydrogen) atoms. The van der Waals surface area contributed by atoms with Gasteiger partial charge in [0.15, 0.2) is 17.6 Å². The van der Waals surface area contributed by atoms with Crippen molar-refractivity contribution >= 4 is 17.2 Å². The SMILES string of the molecule is CN(CC(=O)N(C)C[C@H]1COc2ccccc2O1)Cc1ccsc1. The van der Waals surface area contributed by atoms with Gasteiger partial charge in [0.05, 0.1) is 13.1 Å². The quantitative estimate of drug-likeness (QED) is 0.806. The Hall–Kier alpha value is -2.05. The molecule has 2 heterocycles. The lowest BCUT2D eigenvalue weighted by molar-refractivity contribution is -0.132. The van der Waals surface area contributed by atoms with Crippen LogP contribution in [0.2, 0.25) is 0 Å². The highest BCUT2D eigenvalue weighted by Gasteiger charge is 2.24. The summed E-state index contributed by atoms with van der Waals surface area (Å²) in [6.07, 6.45) is -0.143. The minimum atomic E-state index is -0.143. The summed E-state index contributed by atoms with van der Waals surface area (Å²) in [5.74, 6) is 1.58. The molecular weight excluding hydrogens is 324 g/mol. The molecule has 0 spiro atoms. The number of para-hydroxylation sites is 2. The van der Waals surface area contributed by atoms with E-state index >= 15 is 0 Å². The van der Waals surface area contributed by atoms with Gasteiger partial charge in [-0.05, 0) is 41.6 Å². The van der Waals surface area contributed by atoms with Gasteiger partial charge in [0, 0.05) is 13.6 Å². The summed E-state index contributed by atoms with van der Waals surface area (Å²) in [7, 11) is 3.77. The normalized spacial score (nSPS) is 16.2. The van der Waals surface area contributed by atoms with Gasteiger partial charge in [-0.1, -0.05) is 12.1 Å². The van der Waals surface area contributed by atoms with Crippen LogP contribution in [0.5, 0.6) is 11.5 Å². The number of fused-ring (bicyclic) bond motifs is 1. The van der Waals surface area contributed by atoms with Crippen molar-refractivity contribution in [3.63, 3.8) is 0 Å². The van der Waals surface area contributed by atoms with E-state index in [1.807, 2.05) is 43.3 Å². The second kappa shape index (κ2) is 7.68. The minimum absolute atomic E-state index is 0.0789. The van der Waals surface area contributed by atoms with Crippen molar-refractivity contribution in [1.82, 2.24) is 9.80 Å². The Morgan fingerprint density at radius 2 is 2.04 bits per heavy atom. The van der Waals surface area contributed by atoms with Crippen LogP contribution in [0.3, 0.4) is 0 Å². The topological polar surface area (TPSA) is 42.0 Å². The number of carbonyl (C=O) groups is 1. The smallest absolute Gasteiger partial charge is 0.236 e. The molecule has 1 atom stereocenters. The van der Waals surface area contributed by atoms with Crippen LogP contribution in [0.15, 0.2) is 41.1 Å². The lowest BCUT2D eigenvalue weighted by Crippen LogP contribution is -2.44. The molecule has 0 saturated heterocycles. The summed E-state index contributed by atoms with van der Waals surface area (Å²) >= 11 is 1.67. The summed E-state index contributed by atoms with van der Waals surface area (Å²) in [5, 5.41) is 4.16. The Balaban J connectivity index is 1.48. The first-order chi connectivity index (χ1) is 11.6. The molecule has 6 heteroatoms. The Morgan fingerprint density at radius 1 is 1.25 bits per heavy atom. The lowest BCUT2D eigenvalue weighted by Gasteiger charge is -2.30. The molecule has 2 aromatic rings. The van der Waals surface area contributed by atoms with Gasteiger partial charge in [0.1, 0.15) is 6.61 Å². The van der Waals surface area contributed by atoms with Crippen molar-refractivity contribution in [2.45, 2.75) is 12.6 Å². The molecule has 1 aromatic heterocycles. The maximum Gasteiger partial charge on any atom is 0.236 e. The van der Waals surface area contributed by atoms with E-state index in [1.54, 1.807) is 16.2 Å². The van der Waals surface area contributed by atoms with E-state index in [0.717, 1.165) is 18.0 Å². The number of likely N-dealkylation sites (N-methyl/N-ethyl adjacent to an activating group) is 2.